The van der Waals surface area contributed by atoms with Gasteiger partial charge in [-0.3, -0.25) is 24.2 Å². The predicted octanol–water partition coefficient (Wildman–Crippen LogP) is -1.54. The number of rotatable bonds is 18. The summed E-state index contributed by atoms with van der Waals surface area (Å²) in [5.74, 6) is -4.51. The third kappa shape index (κ3) is 12.6. The summed E-state index contributed by atoms with van der Waals surface area (Å²) in [6, 6.07) is 4.67. The van der Waals surface area contributed by atoms with Crippen molar-refractivity contribution in [2.24, 2.45) is 33.8 Å². The van der Waals surface area contributed by atoms with E-state index in [4.69, 9.17) is 22.9 Å². The van der Waals surface area contributed by atoms with Crippen LogP contribution in [0.4, 0.5) is 0 Å². The molecule has 0 aliphatic rings. The highest BCUT2D eigenvalue weighted by Gasteiger charge is 2.32. The summed E-state index contributed by atoms with van der Waals surface area (Å²) in [5, 5.41) is 17.1. The lowest BCUT2D eigenvalue weighted by Gasteiger charge is -2.28. The lowest BCUT2D eigenvalue weighted by molar-refractivity contribution is -0.142. The summed E-state index contributed by atoms with van der Waals surface area (Å²) in [4.78, 5) is 65.9. The van der Waals surface area contributed by atoms with Crippen LogP contribution in [0.3, 0.4) is 0 Å². The Morgan fingerprint density at radius 2 is 1.52 bits per heavy atom. The Bertz CT molecular complexity index is 1030. The van der Waals surface area contributed by atoms with E-state index in [1.165, 1.54) is 0 Å². The standard InChI is InChI=1S/C26H42N8O6/c1-3-15(2)21(34-22(36)17(27)14-16-8-5-4-6-9-16)24(38)32-18(10-7-13-31-26(29)30)23(37)33-19(25(39)40)11-12-20(28)35/h4-6,8-9,15,17-19,21H,3,7,10-14,27H2,1-2H3,(H2,28,35)(H,32,38)(H,33,37)(H,34,36)(H,39,40)(H4,29,30,31). The quantitative estimate of drug-likeness (QED) is 0.0585. The second-order valence-electron chi connectivity index (χ2n) is 9.58. The number of nitrogens with one attached hydrogen (secondary N) is 3. The average molecular weight is 563 g/mol. The summed E-state index contributed by atoms with van der Waals surface area (Å²) in [6.45, 7) is 3.77. The maximum Gasteiger partial charge on any atom is 0.326 e. The number of primary amides is 1. The van der Waals surface area contributed by atoms with Gasteiger partial charge in [0.05, 0.1) is 6.04 Å². The van der Waals surface area contributed by atoms with Crippen LogP contribution in [0, 0.1) is 5.92 Å². The lowest BCUT2D eigenvalue weighted by atomic mass is 9.96. The fourth-order valence-corrected chi connectivity index (χ4v) is 3.77. The normalized spacial score (nSPS) is 14.5. The molecule has 0 saturated carbocycles. The molecular weight excluding hydrogens is 520 g/mol. The van der Waals surface area contributed by atoms with Crippen molar-refractivity contribution >= 4 is 35.6 Å². The van der Waals surface area contributed by atoms with Crippen LogP contribution in [0.25, 0.3) is 0 Å². The summed E-state index contributed by atoms with van der Waals surface area (Å²) in [6.07, 6.45) is 0.643. The van der Waals surface area contributed by atoms with Gasteiger partial charge in [0.25, 0.3) is 0 Å². The molecule has 0 aliphatic heterocycles. The van der Waals surface area contributed by atoms with E-state index in [0.29, 0.717) is 6.42 Å². The summed E-state index contributed by atoms with van der Waals surface area (Å²) < 4.78 is 0. The Hall–Kier alpha value is -4.20. The zero-order chi connectivity index (χ0) is 30.2. The first-order chi connectivity index (χ1) is 18.8. The van der Waals surface area contributed by atoms with Crippen molar-refractivity contribution < 1.29 is 29.1 Å². The minimum absolute atomic E-state index is 0.0607. The molecule has 4 amide bonds. The number of nitrogens with two attached hydrogens (primary N) is 4. The van der Waals surface area contributed by atoms with Gasteiger partial charge in [0, 0.05) is 13.0 Å². The molecule has 5 unspecified atom stereocenters. The van der Waals surface area contributed by atoms with Crippen LogP contribution in [0.1, 0.15) is 51.5 Å². The summed E-state index contributed by atoms with van der Waals surface area (Å²) in [5.41, 5.74) is 22.7. The van der Waals surface area contributed by atoms with E-state index in [2.05, 4.69) is 20.9 Å². The molecule has 1 aromatic rings. The number of nitrogens with zero attached hydrogens (tertiary/aromatic N) is 1. The zero-order valence-electron chi connectivity index (χ0n) is 23.0. The van der Waals surface area contributed by atoms with Crippen LogP contribution < -0.4 is 38.9 Å². The van der Waals surface area contributed by atoms with Crippen LogP contribution in [0.2, 0.25) is 0 Å². The Morgan fingerprint density at radius 1 is 0.900 bits per heavy atom. The van der Waals surface area contributed by atoms with Crippen molar-refractivity contribution in [2.45, 2.75) is 76.5 Å². The third-order valence-corrected chi connectivity index (χ3v) is 6.30. The van der Waals surface area contributed by atoms with Gasteiger partial charge >= 0.3 is 5.97 Å². The van der Waals surface area contributed by atoms with Crippen LogP contribution in [-0.4, -0.2) is 71.4 Å². The van der Waals surface area contributed by atoms with Crippen LogP contribution in [-0.2, 0) is 30.4 Å². The highest BCUT2D eigenvalue weighted by atomic mass is 16.4. The molecule has 0 radical (unpaired) electrons. The van der Waals surface area contributed by atoms with Crippen LogP contribution in [0.15, 0.2) is 35.3 Å². The van der Waals surface area contributed by atoms with Crippen molar-refractivity contribution in [3.05, 3.63) is 35.9 Å². The van der Waals surface area contributed by atoms with E-state index >= 15 is 0 Å². The molecule has 40 heavy (non-hydrogen) atoms. The van der Waals surface area contributed by atoms with E-state index in [9.17, 15) is 29.1 Å². The molecule has 0 aliphatic carbocycles. The summed E-state index contributed by atoms with van der Waals surface area (Å²) >= 11 is 0. The van der Waals surface area contributed by atoms with Gasteiger partial charge in [-0.05, 0) is 37.2 Å². The van der Waals surface area contributed by atoms with Crippen molar-refractivity contribution in [1.82, 2.24) is 16.0 Å². The van der Waals surface area contributed by atoms with Crippen LogP contribution in [0.5, 0.6) is 0 Å². The maximum atomic E-state index is 13.4. The average Bonchev–Trinajstić information content (AvgIpc) is 2.90. The van der Waals surface area contributed by atoms with Gasteiger partial charge in [-0.2, -0.15) is 0 Å². The van der Waals surface area contributed by atoms with E-state index in [1.54, 1.807) is 6.92 Å². The minimum Gasteiger partial charge on any atom is -0.480 e. The number of carbonyl (C=O) groups excluding carboxylic acids is 4. The molecule has 0 spiro atoms. The second-order valence-corrected chi connectivity index (χ2v) is 9.58. The van der Waals surface area contributed by atoms with Crippen LogP contribution >= 0.6 is 0 Å². The number of aliphatic carboxylic acids is 1. The van der Waals surface area contributed by atoms with E-state index in [0.717, 1.165) is 5.56 Å². The Labute approximate surface area is 233 Å². The fourth-order valence-electron chi connectivity index (χ4n) is 3.77. The molecule has 0 bridgehead atoms. The molecule has 14 nitrogen and oxygen atoms in total. The SMILES string of the molecule is CCC(C)C(NC(=O)C(N)Cc1ccccc1)C(=O)NC(CCCN=C(N)N)C(=O)NC(CCC(N)=O)C(=O)O. The van der Waals surface area contributed by atoms with Crippen molar-refractivity contribution in [1.29, 1.82) is 0 Å². The van der Waals surface area contributed by atoms with E-state index in [-0.39, 0.29) is 50.5 Å². The maximum absolute atomic E-state index is 13.4. The van der Waals surface area contributed by atoms with Gasteiger partial charge < -0.3 is 44.0 Å². The first kappa shape index (κ1) is 33.8. The number of carboxylic acid groups (broad SMARTS) is 1. The van der Waals surface area contributed by atoms with E-state index in [1.807, 2.05) is 37.3 Å². The Balaban J connectivity index is 3.05. The molecule has 222 valence electrons. The van der Waals surface area contributed by atoms with Gasteiger partial charge in [0.15, 0.2) is 5.96 Å². The molecule has 0 fully saturated rings. The highest BCUT2D eigenvalue weighted by molar-refractivity contribution is 5.94. The number of aliphatic imine (C=N–C) groups is 1. The van der Waals surface area contributed by atoms with Crippen molar-refractivity contribution in [3.8, 4) is 0 Å². The molecule has 0 heterocycles. The predicted molar refractivity (Wildman–Crippen MR) is 149 cm³/mol. The van der Waals surface area contributed by atoms with Crippen molar-refractivity contribution in [2.75, 3.05) is 6.54 Å². The van der Waals surface area contributed by atoms with Gasteiger partial charge in [0.2, 0.25) is 23.6 Å². The monoisotopic (exact) mass is 562 g/mol. The highest BCUT2D eigenvalue weighted by Crippen LogP contribution is 2.11. The molecule has 0 aromatic heterocycles. The topological polar surface area (TPSA) is 258 Å². The van der Waals surface area contributed by atoms with E-state index < -0.39 is 53.8 Å². The van der Waals surface area contributed by atoms with Gasteiger partial charge in [0.1, 0.15) is 18.1 Å². The third-order valence-electron chi connectivity index (χ3n) is 6.30. The van der Waals surface area contributed by atoms with Gasteiger partial charge in [-0.25, -0.2) is 4.79 Å². The molecular formula is C26H42N8O6. The Morgan fingerprint density at radius 3 is 2.08 bits per heavy atom. The first-order valence-electron chi connectivity index (χ1n) is 13.1. The number of hydrogen-bond donors (Lipinski definition) is 8. The number of carboxylic acids is 1. The largest absolute Gasteiger partial charge is 0.480 e. The lowest BCUT2D eigenvalue weighted by Crippen LogP contribution is -2.58. The number of hydrogen-bond acceptors (Lipinski definition) is 7. The van der Waals surface area contributed by atoms with Gasteiger partial charge in [-0.15, -0.1) is 0 Å². The first-order valence-corrected chi connectivity index (χ1v) is 13.1. The Kier molecular flexibility index (Phi) is 14.7. The molecule has 0 saturated heterocycles. The molecule has 5 atom stereocenters. The zero-order valence-corrected chi connectivity index (χ0v) is 23.0. The fraction of sp³-hybridized carbons (Fsp3) is 0.538. The van der Waals surface area contributed by atoms with Crippen molar-refractivity contribution in [3.63, 3.8) is 0 Å². The molecule has 14 heteroatoms. The molecule has 12 N–H and O–H groups in total. The number of benzene rings is 1. The molecule has 1 rings (SSSR count). The van der Waals surface area contributed by atoms with Gasteiger partial charge in [-0.1, -0.05) is 50.6 Å². The summed E-state index contributed by atoms with van der Waals surface area (Å²) in [7, 11) is 0. The smallest absolute Gasteiger partial charge is 0.326 e. The number of carbonyl (C=O) groups is 5. The number of amides is 4. The number of guanidine groups is 1. The molecule has 1 aromatic carbocycles. The second kappa shape index (κ2) is 17.4. The minimum atomic E-state index is -1.40.